The van der Waals surface area contributed by atoms with Gasteiger partial charge in [0.15, 0.2) is 14.7 Å². The summed E-state index contributed by atoms with van der Waals surface area (Å²) in [5, 5.41) is 0. The molecule has 0 aliphatic carbocycles. The summed E-state index contributed by atoms with van der Waals surface area (Å²) in [4.78, 5) is 15.6. The van der Waals surface area contributed by atoms with E-state index in [0.29, 0.717) is 0 Å². The maximum atomic E-state index is 12.1. The molecule has 0 fully saturated rings. The fourth-order valence-electron chi connectivity index (χ4n) is 3.12. The lowest BCUT2D eigenvalue weighted by molar-refractivity contribution is -0.150. The van der Waals surface area contributed by atoms with Crippen LogP contribution in [0.15, 0.2) is 99.6 Å². The second-order valence-corrected chi connectivity index (χ2v) is 10.6. The van der Waals surface area contributed by atoms with Crippen molar-refractivity contribution in [2.24, 2.45) is 5.92 Å². The maximum absolute atomic E-state index is 12.1. The van der Waals surface area contributed by atoms with Crippen molar-refractivity contribution in [2.45, 2.75) is 46.4 Å². The number of benzene rings is 3. The molecule has 0 saturated heterocycles. The minimum atomic E-state index is -0.315. The Morgan fingerprint density at radius 3 is 1.62 bits per heavy atom. The van der Waals surface area contributed by atoms with E-state index in [1.807, 2.05) is 12.1 Å². The largest absolute Gasteiger partial charge is 0.456 e. The van der Waals surface area contributed by atoms with Crippen molar-refractivity contribution in [3.8, 4) is 0 Å². The van der Waals surface area contributed by atoms with Crippen molar-refractivity contribution in [3.05, 3.63) is 90.5 Å². The van der Waals surface area contributed by atoms with Gasteiger partial charge in [0.05, 0.1) is 10.9 Å². The van der Waals surface area contributed by atoms with Crippen molar-refractivity contribution in [1.29, 1.82) is 0 Å². The summed E-state index contributed by atoms with van der Waals surface area (Å²) in [5.74, 6) is -0.0429. The van der Waals surface area contributed by atoms with Gasteiger partial charge in [0.1, 0.15) is 10.9 Å². The van der Waals surface area contributed by atoms with E-state index < -0.39 is 0 Å². The number of rotatable bonds is 7. The number of alkyl halides is 1. The highest BCUT2D eigenvalue weighted by atomic mass is 79.9. The summed E-state index contributed by atoms with van der Waals surface area (Å²) in [6.07, 6.45) is -0.258. The molecule has 2 unspecified atom stereocenters. The van der Waals surface area contributed by atoms with Gasteiger partial charge in [-0.05, 0) is 54.8 Å². The lowest BCUT2D eigenvalue weighted by Crippen LogP contribution is -2.21. The summed E-state index contributed by atoms with van der Waals surface area (Å²) in [6.45, 7) is 5.93. The third-order valence-electron chi connectivity index (χ3n) is 4.58. The molecular weight excluding hydrogens is 444 g/mol. The number of halogens is 1. The molecule has 150 valence electrons. The molecule has 0 saturated carbocycles. The Bertz CT molecular complexity index is 869. The Morgan fingerprint density at radius 1 is 0.759 bits per heavy atom. The van der Waals surface area contributed by atoms with Crippen LogP contribution in [0.25, 0.3) is 0 Å². The zero-order valence-corrected chi connectivity index (χ0v) is 19.3. The zero-order valence-electron chi connectivity index (χ0n) is 16.9. The molecule has 0 aliphatic rings. The topological polar surface area (TPSA) is 26.3 Å². The fourth-order valence-corrected chi connectivity index (χ4v) is 5.31. The number of esters is 1. The number of hydrogen-bond donors (Lipinski definition) is 0. The van der Waals surface area contributed by atoms with Gasteiger partial charge in [-0.3, -0.25) is 4.79 Å². The van der Waals surface area contributed by atoms with Gasteiger partial charge in [-0.2, -0.15) is 0 Å². The van der Waals surface area contributed by atoms with Gasteiger partial charge < -0.3 is 4.74 Å². The zero-order chi connectivity index (χ0) is 20.8. The highest BCUT2D eigenvalue weighted by molar-refractivity contribution is 9.10. The van der Waals surface area contributed by atoms with Gasteiger partial charge in [-0.1, -0.05) is 78.3 Å². The van der Waals surface area contributed by atoms with E-state index in [2.05, 4.69) is 103 Å². The van der Waals surface area contributed by atoms with Crippen LogP contribution in [-0.4, -0.2) is 10.8 Å². The van der Waals surface area contributed by atoms with E-state index in [-0.39, 0.29) is 33.7 Å². The second kappa shape index (κ2) is 10.1. The quantitative estimate of drug-likeness (QED) is 0.216. The Labute approximate surface area is 184 Å². The molecule has 2 atom stereocenters. The molecule has 3 rings (SSSR count). The average Bonchev–Trinajstić information content (AvgIpc) is 2.74. The maximum Gasteiger partial charge on any atom is 0.320 e. The monoisotopic (exact) mass is 469 g/mol. The standard InChI is InChI=1S/C25H26BrO2S/c1-18(2)24(28-25(27)19(3)26)20-14-16-23(17-15-20)29(21-10-6-4-7-11-21)22-12-8-5-9-13-22/h4-19,24H,1-3H3/q+1. The third-order valence-corrected chi connectivity index (χ3v) is 7.18. The van der Waals surface area contributed by atoms with Crippen LogP contribution in [0.3, 0.4) is 0 Å². The first-order valence-electron chi connectivity index (χ1n) is 9.76. The molecule has 0 aromatic heterocycles. The van der Waals surface area contributed by atoms with Gasteiger partial charge in [-0.25, -0.2) is 0 Å². The minimum Gasteiger partial charge on any atom is -0.456 e. The molecule has 0 bridgehead atoms. The Hall–Kier alpha value is -2.04. The normalized spacial score (nSPS) is 13.3. The van der Waals surface area contributed by atoms with E-state index in [4.69, 9.17) is 4.74 Å². The van der Waals surface area contributed by atoms with E-state index in [1.54, 1.807) is 6.92 Å². The lowest BCUT2D eigenvalue weighted by Gasteiger charge is -2.22. The van der Waals surface area contributed by atoms with E-state index in [0.717, 1.165) is 5.56 Å². The fraction of sp³-hybridized carbons (Fsp3) is 0.240. The lowest BCUT2D eigenvalue weighted by atomic mass is 9.99. The second-order valence-electron chi connectivity index (χ2n) is 7.22. The van der Waals surface area contributed by atoms with Crippen LogP contribution in [0.1, 0.15) is 32.4 Å². The average molecular weight is 470 g/mol. The van der Waals surface area contributed by atoms with Crippen LogP contribution in [0, 0.1) is 5.92 Å². The van der Waals surface area contributed by atoms with Crippen LogP contribution in [0.2, 0.25) is 0 Å². The van der Waals surface area contributed by atoms with Crippen LogP contribution in [-0.2, 0) is 20.4 Å². The van der Waals surface area contributed by atoms with Crippen molar-refractivity contribution >= 4 is 32.8 Å². The summed E-state index contributed by atoms with van der Waals surface area (Å²) in [7, 11) is -0.180. The molecule has 2 nitrogen and oxygen atoms in total. The Balaban J connectivity index is 1.94. The number of hydrogen-bond acceptors (Lipinski definition) is 2. The summed E-state index contributed by atoms with van der Waals surface area (Å²) < 4.78 is 5.75. The van der Waals surface area contributed by atoms with Gasteiger partial charge >= 0.3 is 5.97 Å². The van der Waals surface area contributed by atoms with Gasteiger partial charge in [0, 0.05) is 0 Å². The molecule has 0 radical (unpaired) electrons. The number of ether oxygens (including phenoxy) is 1. The molecule has 0 spiro atoms. The van der Waals surface area contributed by atoms with Crippen molar-refractivity contribution in [1.82, 2.24) is 0 Å². The van der Waals surface area contributed by atoms with Gasteiger partial charge in [-0.15, -0.1) is 0 Å². The summed E-state index contributed by atoms with van der Waals surface area (Å²) in [6, 6.07) is 29.7. The summed E-state index contributed by atoms with van der Waals surface area (Å²) >= 11 is 3.30. The van der Waals surface area contributed by atoms with Crippen LogP contribution in [0.5, 0.6) is 0 Å². The Morgan fingerprint density at radius 2 is 1.21 bits per heavy atom. The highest BCUT2D eigenvalue weighted by Gasteiger charge is 2.29. The molecule has 3 aromatic rings. The molecule has 0 aliphatic heterocycles. The predicted octanol–water partition coefficient (Wildman–Crippen LogP) is 6.81. The predicted molar refractivity (Wildman–Crippen MR) is 124 cm³/mol. The first-order chi connectivity index (χ1) is 14.0. The highest BCUT2D eigenvalue weighted by Crippen LogP contribution is 2.33. The van der Waals surface area contributed by atoms with Crippen LogP contribution < -0.4 is 0 Å². The van der Waals surface area contributed by atoms with Crippen molar-refractivity contribution < 1.29 is 9.53 Å². The molecule has 0 N–H and O–H groups in total. The smallest absolute Gasteiger partial charge is 0.320 e. The van der Waals surface area contributed by atoms with Gasteiger partial charge in [0.25, 0.3) is 0 Å². The molecule has 0 amide bonds. The SMILES string of the molecule is CC(Br)C(=O)OC(c1ccc([S+](c2ccccc2)c2ccccc2)cc1)C(C)C. The van der Waals surface area contributed by atoms with Crippen molar-refractivity contribution in [3.63, 3.8) is 0 Å². The first kappa shape index (κ1) is 21.7. The minimum absolute atomic E-state index is 0.180. The molecular formula is C25H26BrO2S+. The van der Waals surface area contributed by atoms with Gasteiger partial charge in [0.2, 0.25) is 0 Å². The molecule has 4 heteroatoms. The summed E-state index contributed by atoms with van der Waals surface area (Å²) in [5.41, 5.74) is 1.02. The van der Waals surface area contributed by atoms with E-state index in [1.165, 1.54) is 14.7 Å². The molecule has 3 aromatic carbocycles. The van der Waals surface area contributed by atoms with Crippen LogP contribution >= 0.6 is 15.9 Å². The third kappa shape index (κ3) is 5.52. The Kier molecular flexibility index (Phi) is 7.57. The number of carbonyl (C=O) groups excluding carboxylic acids is 1. The number of carbonyl (C=O) groups is 1. The van der Waals surface area contributed by atoms with E-state index >= 15 is 0 Å². The van der Waals surface area contributed by atoms with Crippen LogP contribution in [0.4, 0.5) is 0 Å². The first-order valence-corrected chi connectivity index (χ1v) is 11.9. The molecule has 29 heavy (non-hydrogen) atoms. The van der Waals surface area contributed by atoms with Crippen molar-refractivity contribution in [2.75, 3.05) is 0 Å². The van der Waals surface area contributed by atoms with E-state index in [9.17, 15) is 4.79 Å². The molecule has 0 heterocycles.